The lowest BCUT2D eigenvalue weighted by Crippen LogP contribution is -1.98. The lowest BCUT2D eigenvalue weighted by molar-refractivity contribution is -0.204. The van der Waals surface area contributed by atoms with Gasteiger partial charge in [0.15, 0.2) is 5.75 Å². The Labute approximate surface area is 77.4 Å². The highest BCUT2D eigenvalue weighted by Gasteiger charge is 1.93. The molecule has 0 aliphatic rings. The maximum atomic E-state index is 8.22. The predicted molar refractivity (Wildman–Crippen MR) is 48.0 cm³/mol. The molecule has 0 aromatic heterocycles. The molecule has 1 aromatic rings. The van der Waals surface area contributed by atoms with E-state index in [2.05, 4.69) is 0 Å². The molecule has 13 heavy (non-hydrogen) atoms. The fourth-order valence-electron chi connectivity index (χ4n) is 0.864. The molecule has 0 saturated heterocycles. The fraction of sp³-hybridized carbons (Fsp3) is 0.300. The summed E-state index contributed by atoms with van der Waals surface area (Å²) in [4.78, 5) is 9.73. The molecule has 0 N–H and O–H groups in total. The number of nitrogens with zero attached hydrogens (tertiary/aromatic N) is 1. The first-order valence-electron chi connectivity index (χ1n) is 4.06. The van der Waals surface area contributed by atoms with E-state index < -0.39 is 0 Å². The molecular weight excluding hydrogens is 166 g/mol. The van der Waals surface area contributed by atoms with Crippen molar-refractivity contribution in [2.45, 2.75) is 13.3 Å². The SMILES string of the molecule is Cc1cccc(OOCCC#N)c1. The van der Waals surface area contributed by atoms with E-state index in [-0.39, 0.29) is 0 Å². The number of hydrogen-bond donors (Lipinski definition) is 0. The van der Waals surface area contributed by atoms with Gasteiger partial charge in [-0.15, -0.1) is 0 Å². The van der Waals surface area contributed by atoms with Crippen molar-refractivity contribution in [2.75, 3.05) is 6.61 Å². The topological polar surface area (TPSA) is 42.2 Å². The lowest BCUT2D eigenvalue weighted by Gasteiger charge is -2.02. The van der Waals surface area contributed by atoms with Crippen molar-refractivity contribution in [3.05, 3.63) is 29.8 Å². The third kappa shape index (κ3) is 3.59. The van der Waals surface area contributed by atoms with Crippen molar-refractivity contribution in [3.8, 4) is 11.8 Å². The third-order valence-corrected chi connectivity index (χ3v) is 1.44. The summed E-state index contributed by atoms with van der Waals surface area (Å²) in [6, 6.07) is 9.49. The molecule has 0 unspecified atom stereocenters. The monoisotopic (exact) mass is 177 g/mol. The zero-order chi connectivity index (χ0) is 9.52. The summed E-state index contributed by atoms with van der Waals surface area (Å²) < 4.78 is 0. The minimum atomic E-state index is 0.296. The molecule has 0 amide bonds. The van der Waals surface area contributed by atoms with Crippen LogP contribution in [0.4, 0.5) is 0 Å². The van der Waals surface area contributed by atoms with Gasteiger partial charge in [0.25, 0.3) is 0 Å². The van der Waals surface area contributed by atoms with Crippen molar-refractivity contribution < 1.29 is 9.78 Å². The Bertz CT molecular complexity index is 304. The normalized spacial score (nSPS) is 9.23. The van der Waals surface area contributed by atoms with Crippen LogP contribution >= 0.6 is 0 Å². The molecule has 0 bridgehead atoms. The molecule has 3 heteroatoms. The maximum Gasteiger partial charge on any atom is 0.165 e. The first kappa shape index (κ1) is 9.56. The number of rotatable bonds is 4. The van der Waals surface area contributed by atoms with E-state index in [0.717, 1.165) is 5.56 Å². The van der Waals surface area contributed by atoms with Crippen LogP contribution in [0.1, 0.15) is 12.0 Å². The van der Waals surface area contributed by atoms with Gasteiger partial charge in [0.05, 0.1) is 12.5 Å². The average Bonchev–Trinajstić information content (AvgIpc) is 2.13. The van der Waals surface area contributed by atoms with Gasteiger partial charge in [0.2, 0.25) is 0 Å². The molecule has 1 rings (SSSR count). The van der Waals surface area contributed by atoms with Crippen LogP contribution in [0.25, 0.3) is 0 Å². The van der Waals surface area contributed by atoms with E-state index >= 15 is 0 Å². The van der Waals surface area contributed by atoms with E-state index in [4.69, 9.17) is 15.0 Å². The van der Waals surface area contributed by atoms with Gasteiger partial charge in [-0.25, -0.2) is 0 Å². The minimum Gasteiger partial charge on any atom is -0.338 e. The zero-order valence-electron chi connectivity index (χ0n) is 7.49. The zero-order valence-corrected chi connectivity index (χ0v) is 7.49. The largest absolute Gasteiger partial charge is 0.338 e. The van der Waals surface area contributed by atoms with Gasteiger partial charge in [-0.1, -0.05) is 12.1 Å². The summed E-state index contributed by atoms with van der Waals surface area (Å²) in [7, 11) is 0. The van der Waals surface area contributed by atoms with E-state index in [0.29, 0.717) is 18.8 Å². The summed E-state index contributed by atoms with van der Waals surface area (Å²) >= 11 is 0. The Balaban J connectivity index is 2.33. The first-order valence-corrected chi connectivity index (χ1v) is 4.06. The van der Waals surface area contributed by atoms with Gasteiger partial charge in [-0.3, -0.25) is 0 Å². The molecule has 0 saturated carbocycles. The van der Waals surface area contributed by atoms with Crippen LogP contribution < -0.4 is 4.89 Å². The van der Waals surface area contributed by atoms with Crippen molar-refractivity contribution in [2.24, 2.45) is 0 Å². The fourth-order valence-corrected chi connectivity index (χ4v) is 0.864. The van der Waals surface area contributed by atoms with Gasteiger partial charge in [0.1, 0.15) is 6.61 Å². The maximum absolute atomic E-state index is 8.22. The van der Waals surface area contributed by atoms with Crippen molar-refractivity contribution in [1.82, 2.24) is 0 Å². The smallest absolute Gasteiger partial charge is 0.165 e. The molecule has 0 spiro atoms. The van der Waals surface area contributed by atoms with Crippen molar-refractivity contribution in [1.29, 1.82) is 5.26 Å². The second kappa shape index (κ2) is 5.18. The molecule has 0 radical (unpaired) electrons. The number of nitriles is 1. The highest BCUT2D eigenvalue weighted by Crippen LogP contribution is 2.12. The molecule has 0 fully saturated rings. The Morgan fingerprint density at radius 1 is 1.46 bits per heavy atom. The highest BCUT2D eigenvalue weighted by atomic mass is 17.2. The molecule has 68 valence electrons. The second-order valence-corrected chi connectivity index (χ2v) is 2.63. The van der Waals surface area contributed by atoms with Crippen molar-refractivity contribution >= 4 is 0 Å². The van der Waals surface area contributed by atoms with Gasteiger partial charge in [0, 0.05) is 0 Å². The standard InChI is InChI=1S/C10H11NO2/c1-9-4-2-5-10(8-9)13-12-7-3-6-11/h2,4-5,8H,3,7H2,1H3. The lowest BCUT2D eigenvalue weighted by atomic mass is 10.2. The summed E-state index contributed by atoms with van der Waals surface area (Å²) in [6.07, 6.45) is 0.339. The molecule has 3 nitrogen and oxygen atoms in total. The van der Waals surface area contributed by atoms with Crippen LogP contribution in [-0.4, -0.2) is 6.61 Å². The Kier molecular flexibility index (Phi) is 3.80. The van der Waals surface area contributed by atoms with E-state index in [1.807, 2.05) is 31.2 Å². The summed E-state index contributed by atoms with van der Waals surface area (Å²) in [5.41, 5.74) is 1.11. The Hall–Kier alpha value is -1.53. The molecule has 0 atom stereocenters. The van der Waals surface area contributed by atoms with Crippen LogP contribution in [0.5, 0.6) is 5.75 Å². The van der Waals surface area contributed by atoms with E-state index in [9.17, 15) is 0 Å². The van der Waals surface area contributed by atoms with Crippen LogP contribution in [0.3, 0.4) is 0 Å². The molecule has 1 aromatic carbocycles. The van der Waals surface area contributed by atoms with Gasteiger partial charge >= 0.3 is 0 Å². The third-order valence-electron chi connectivity index (χ3n) is 1.44. The van der Waals surface area contributed by atoms with Crippen LogP contribution in [-0.2, 0) is 4.89 Å². The molecule has 0 aliphatic carbocycles. The van der Waals surface area contributed by atoms with Gasteiger partial charge in [-0.05, 0) is 24.6 Å². The van der Waals surface area contributed by atoms with E-state index in [1.54, 1.807) is 6.07 Å². The van der Waals surface area contributed by atoms with Crippen LogP contribution in [0.15, 0.2) is 24.3 Å². The summed E-state index contributed by atoms with van der Waals surface area (Å²) in [6.45, 7) is 2.27. The molecule has 0 aliphatic heterocycles. The van der Waals surface area contributed by atoms with Crippen LogP contribution in [0.2, 0.25) is 0 Å². The first-order chi connectivity index (χ1) is 6.33. The molecular formula is C10H11NO2. The number of benzene rings is 1. The Morgan fingerprint density at radius 3 is 3.00 bits per heavy atom. The highest BCUT2D eigenvalue weighted by molar-refractivity contribution is 5.26. The number of hydrogen-bond acceptors (Lipinski definition) is 3. The summed E-state index contributed by atoms with van der Waals surface area (Å²) in [5, 5.41) is 8.22. The minimum absolute atomic E-state index is 0.296. The van der Waals surface area contributed by atoms with Crippen LogP contribution in [0, 0.1) is 18.3 Å². The predicted octanol–water partition coefficient (Wildman–Crippen LogP) is 2.22. The second-order valence-electron chi connectivity index (χ2n) is 2.63. The molecule has 0 heterocycles. The Morgan fingerprint density at radius 2 is 2.31 bits per heavy atom. The van der Waals surface area contributed by atoms with Gasteiger partial charge < -0.3 is 4.89 Å². The van der Waals surface area contributed by atoms with E-state index in [1.165, 1.54) is 0 Å². The quantitative estimate of drug-likeness (QED) is 0.402. The van der Waals surface area contributed by atoms with Crippen molar-refractivity contribution in [3.63, 3.8) is 0 Å². The number of aryl methyl sites for hydroxylation is 1. The average molecular weight is 177 g/mol. The summed E-state index contributed by atoms with van der Waals surface area (Å²) in [5.74, 6) is 0.665. The van der Waals surface area contributed by atoms with Gasteiger partial charge in [-0.2, -0.15) is 10.1 Å².